The second-order valence-corrected chi connectivity index (χ2v) is 7.22. The molecule has 3 aliphatic rings. The Kier molecular flexibility index (Phi) is 4.80. The van der Waals surface area contributed by atoms with E-state index in [1.807, 2.05) is 4.90 Å². The van der Waals surface area contributed by atoms with Gasteiger partial charge in [-0.25, -0.2) is 0 Å². The summed E-state index contributed by atoms with van der Waals surface area (Å²) in [6.07, 6.45) is 6.91. The van der Waals surface area contributed by atoms with Crippen LogP contribution in [0.5, 0.6) is 0 Å². The molecule has 0 N–H and O–H groups in total. The molecule has 3 fully saturated rings. The third-order valence-electron chi connectivity index (χ3n) is 5.08. The number of carbonyl (C=O) groups is 1. The number of hydrogen-bond donors (Lipinski definition) is 0. The molecule has 24 heavy (non-hydrogen) atoms. The van der Waals surface area contributed by atoms with E-state index < -0.39 is 0 Å². The molecular formula is C17H26N4O3. The lowest BCUT2D eigenvalue weighted by Crippen LogP contribution is -2.41. The van der Waals surface area contributed by atoms with Gasteiger partial charge < -0.3 is 14.2 Å². The molecule has 0 spiro atoms. The summed E-state index contributed by atoms with van der Waals surface area (Å²) in [5.41, 5.74) is 0. The van der Waals surface area contributed by atoms with Crippen LogP contribution < -0.4 is 0 Å². The Balaban J connectivity index is 1.38. The van der Waals surface area contributed by atoms with Crippen molar-refractivity contribution in [2.24, 2.45) is 0 Å². The first-order valence-corrected chi connectivity index (χ1v) is 9.22. The summed E-state index contributed by atoms with van der Waals surface area (Å²) < 4.78 is 11.1. The maximum atomic E-state index is 12.5. The highest BCUT2D eigenvalue weighted by Gasteiger charge is 2.30. The van der Waals surface area contributed by atoms with E-state index in [0.29, 0.717) is 24.8 Å². The fourth-order valence-electron chi connectivity index (χ4n) is 3.55. The van der Waals surface area contributed by atoms with Gasteiger partial charge >= 0.3 is 0 Å². The van der Waals surface area contributed by atoms with Crippen molar-refractivity contribution in [2.75, 3.05) is 32.8 Å². The van der Waals surface area contributed by atoms with Crippen molar-refractivity contribution in [2.45, 2.75) is 57.1 Å². The Morgan fingerprint density at radius 2 is 2.04 bits per heavy atom. The summed E-state index contributed by atoms with van der Waals surface area (Å²) in [7, 11) is 0. The van der Waals surface area contributed by atoms with Crippen molar-refractivity contribution in [3.05, 3.63) is 11.7 Å². The van der Waals surface area contributed by atoms with E-state index in [9.17, 15) is 4.79 Å². The van der Waals surface area contributed by atoms with Gasteiger partial charge in [0.25, 0.3) is 0 Å². The summed E-state index contributed by atoms with van der Waals surface area (Å²) in [4.78, 5) is 21.1. The first kappa shape index (κ1) is 16.0. The quantitative estimate of drug-likeness (QED) is 0.753. The Labute approximate surface area is 142 Å². The predicted octanol–water partition coefficient (Wildman–Crippen LogP) is 1.55. The molecule has 1 aromatic heterocycles. The summed E-state index contributed by atoms with van der Waals surface area (Å²) >= 11 is 0. The number of nitrogens with zero attached hydrogens (tertiary/aromatic N) is 4. The third-order valence-corrected chi connectivity index (χ3v) is 5.08. The molecule has 1 saturated carbocycles. The number of hydrogen-bond acceptors (Lipinski definition) is 6. The lowest BCUT2D eigenvalue weighted by molar-refractivity contribution is -0.131. The van der Waals surface area contributed by atoms with Crippen molar-refractivity contribution in [1.82, 2.24) is 19.9 Å². The molecule has 0 radical (unpaired) electrons. The Morgan fingerprint density at radius 1 is 1.21 bits per heavy atom. The van der Waals surface area contributed by atoms with Crippen LogP contribution in [0.3, 0.4) is 0 Å². The predicted molar refractivity (Wildman–Crippen MR) is 86.3 cm³/mol. The molecule has 0 aromatic carbocycles. The molecule has 1 aliphatic carbocycles. The van der Waals surface area contributed by atoms with E-state index in [0.717, 1.165) is 70.7 Å². The molecule has 1 aromatic rings. The molecule has 3 heterocycles. The van der Waals surface area contributed by atoms with Crippen molar-refractivity contribution in [3.63, 3.8) is 0 Å². The zero-order valence-electron chi connectivity index (χ0n) is 14.2. The van der Waals surface area contributed by atoms with Crippen LogP contribution in [0.25, 0.3) is 0 Å². The Bertz CT molecular complexity index is 560. The van der Waals surface area contributed by atoms with Crippen LogP contribution in [-0.2, 0) is 16.1 Å². The average Bonchev–Trinajstić information content (AvgIpc) is 3.03. The Morgan fingerprint density at radius 3 is 2.75 bits per heavy atom. The molecule has 132 valence electrons. The maximum absolute atomic E-state index is 12.5. The number of aromatic nitrogens is 2. The van der Waals surface area contributed by atoms with Crippen LogP contribution >= 0.6 is 0 Å². The summed E-state index contributed by atoms with van der Waals surface area (Å²) in [6.45, 7) is 4.32. The van der Waals surface area contributed by atoms with Gasteiger partial charge in [0.1, 0.15) is 0 Å². The third kappa shape index (κ3) is 3.95. The molecule has 7 heteroatoms. The van der Waals surface area contributed by atoms with Crippen LogP contribution in [0.2, 0.25) is 0 Å². The van der Waals surface area contributed by atoms with Gasteiger partial charge in [-0.3, -0.25) is 9.69 Å². The number of rotatable bonds is 7. The van der Waals surface area contributed by atoms with Crippen molar-refractivity contribution < 1.29 is 14.1 Å². The minimum absolute atomic E-state index is 0.205. The van der Waals surface area contributed by atoms with Gasteiger partial charge in [0.15, 0.2) is 5.82 Å². The number of amides is 1. The first-order valence-electron chi connectivity index (χ1n) is 9.22. The molecule has 1 atom stereocenters. The lowest BCUT2D eigenvalue weighted by Gasteiger charge is -2.25. The van der Waals surface area contributed by atoms with Crippen LogP contribution in [0.4, 0.5) is 0 Å². The van der Waals surface area contributed by atoms with E-state index >= 15 is 0 Å². The van der Waals surface area contributed by atoms with Gasteiger partial charge in [0.05, 0.1) is 19.2 Å². The highest BCUT2D eigenvalue weighted by Crippen LogP contribution is 2.38. The number of carbonyl (C=O) groups excluding carboxylic acids is 1. The molecule has 7 nitrogen and oxygen atoms in total. The fourth-order valence-corrected chi connectivity index (χ4v) is 3.55. The van der Waals surface area contributed by atoms with Gasteiger partial charge in [-0.05, 0) is 38.5 Å². The summed E-state index contributed by atoms with van der Waals surface area (Å²) in [5.74, 6) is 2.11. The van der Waals surface area contributed by atoms with Gasteiger partial charge in [-0.2, -0.15) is 4.98 Å². The first-order chi connectivity index (χ1) is 11.8. The van der Waals surface area contributed by atoms with Gasteiger partial charge in [0.2, 0.25) is 11.8 Å². The average molecular weight is 334 g/mol. The van der Waals surface area contributed by atoms with Gasteiger partial charge in [-0.15, -0.1) is 0 Å². The highest BCUT2D eigenvalue weighted by molar-refractivity contribution is 5.78. The van der Waals surface area contributed by atoms with E-state index in [2.05, 4.69) is 15.0 Å². The van der Waals surface area contributed by atoms with E-state index in [-0.39, 0.29) is 12.0 Å². The van der Waals surface area contributed by atoms with Crippen LogP contribution in [0.1, 0.15) is 56.2 Å². The zero-order chi connectivity index (χ0) is 16.4. The zero-order valence-corrected chi connectivity index (χ0v) is 14.2. The molecule has 2 saturated heterocycles. The van der Waals surface area contributed by atoms with Crippen LogP contribution in [0, 0.1) is 0 Å². The molecule has 4 rings (SSSR count). The molecule has 2 aliphatic heterocycles. The monoisotopic (exact) mass is 334 g/mol. The second kappa shape index (κ2) is 7.19. The summed E-state index contributed by atoms with van der Waals surface area (Å²) in [5, 5.41) is 4.10. The Hall–Kier alpha value is -1.47. The molecule has 0 unspecified atom stereocenters. The maximum Gasteiger partial charge on any atom is 0.236 e. The lowest BCUT2D eigenvalue weighted by atomic mass is 10.2. The number of ether oxygens (including phenoxy) is 1. The van der Waals surface area contributed by atoms with Crippen molar-refractivity contribution in [3.8, 4) is 0 Å². The molecule has 1 amide bonds. The highest BCUT2D eigenvalue weighted by atomic mass is 16.5. The normalized spacial score (nSPS) is 24.2. The minimum Gasteiger partial charge on any atom is -0.377 e. The minimum atomic E-state index is 0.205. The smallest absolute Gasteiger partial charge is 0.236 e. The van der Waals surface area contributed by atoms with E-state index in [4.69, 9.17) is 9.26 Å². The van der Waals surface area contributed by atoms with Gasteiger partial charge in [0, 0.05) is 32.2 Å². The van der Waals surface area contributed by atoms with E-state index in [1.165, 1.54) is 0 Å². The van der Waals surface area contributed by atoms with Gasteiger partial charge in [-0.1, -0.05) is 5.16 Å². The summed E-state index contributed by atoms with van der Waals surface area (Å²) in [6, 6.07) is 0. The van der Waals surface area contributed by atoms with E-state index in [1.54, 1.807) is 0 Å². The fraction of sp³-hybridized carbons (Fsp3) is 0.824. The van der Waals surface area contributed by atoms with Crippen LogP contribution in [0.15, 0.2) is 4.52 Å². The molecule has 0 bridgehead atoms. The SMILES string of the molecule is O=C(CN(Cc1noc(C2CC2)n1)C[C@@H]1CCCO1)N1CCCC1. The second-order valence-electron chi connectivity index (χ2n) is 7.22. The largest absolute Gasteiger partial charge is 0.377 e. The standard InChI is InChI=1S/C17H26N4O3/c22-16(21-7-1-2-8-21)12-20(10-14-4-3-9-23-14)11-15-18-17(24-19-15)13-5-6-13/h13-14H,1-12H2/t14-/m0/s1. The van der Waals surface area contributed by atoms with Crippen molar-refractivity contribution in [1.29, 1.82) is 0 Å². The van der Waals surface area contributed by atoms with Crippen LogP contribution in [-0.4, -0.2) is 64.7 Å². The number of likely N-dealkylation sites (tertiary alicyclic amines) is 1. The molecular weight excluding hydrogens is 308 g/mol. The van der Waals surface area contributed by atoms with Crippen molar-refractivity contribution >= 4 is 5.91 Å². The topological polar surface area (TPSA) is 71.7 Å².